The topological polar surface area (TPSA) is 6.48 Å². The van der Waals surface area contributed by atoms with Gasteiger partial charge in [-0.2, -0.15) is 0 Å². The first-order valence-corrected chi connectivity index (χ1v) is 12.9. The summed E-state index contributed by atoms with van der Waals surface area (Å²) < 4.78 is 0. The Bertz CT molecular complexity index is 912. The van der Waals surface area contributed by atoms with Crippen LogP contribution in [0.15, 0.2) is 48.8 Å². The van der Waals surface area contributed by atoms with Gasteiger partial charge in [-0.25, -0.2) is 0 Å². The first kappa shape index (κ1) is 26.4. The van der Waals surface area contributed by atoms with Crippen molar-refractivity contribution in [1.82, 2.24) is 0 Å². The van der Waals surface area contributed by atoms with Gasteiger partial charge in [-0.05, 0) is 50.8 Å². The Morgan fingerprint density at radius 2 is 0.706 bits per heavy atom. The monoisotopic (exact) mass is 460 g/mol. The lowest BCUT2D eigenvalue weighted by atomic mass is 9.78. The molecule has 0 saturated carbocycles. The number of nitrogens with zero attached hydrogens (tertiary/aromatic N) is 2. The third-order valence-electron chi connectivity index (χ3n) is 7.01. The van der Waals surface area contributed by atoms with Crippen LogP contribution in [-0.2, 0) is 21.7 Å². The Balaban J connectivity index is 2.24. The van der Waals surface area contributed by atoms with E-state index in [4.69, 9.17) is 0 Å². The van der Waals surface area contributed by atoms with E-state index in [1.807, 2.05) is 0 Å². The molecule has 2 aromatic rings. The van der Waals surface area contributed by atoms with Gasteiger partial charge in [0.15, 0.2) is 0 Å². The Labute approximate surface area is 210 Å². The van der Waals surface area contributed by atoms with Gasteiger partial charge in [0.25, 0.3) is 0 Å². The highest BCUT2D eigenvalue weighted by atomic mass is 15.4. The molecule has 34 heavy (non-hydrogen) atoms. The molecule has 0 aromatic heterocycles. The summed E-state index contributed by atoms with van der Waals surface area (Å²) in [7, 11) is 0. The molecular weight excluding hydrogens is 412 g/mol. The van der Waals surface area contributed by atoms with E-state index in [1.165, 1.54) is 33.6 Å². The number of rotatable bonds is 2. The fraction of sp³-hybridized carbons (Fsp3) is 0.562. The Kier molecular flexibility index (Phi) is 6.57. The number of para-hydroxylation sites is 2. The summed E-state index contributed by atoms with van der Waals surface area (Å²) in [6, 6.07) is 13.7. The van der Waals surface area contributed by atoms with Crippen molar-refractivity contribution in [3.63, 3.8) is 0 Å². The van der Waals surface area contributed by atoms with Gasteiger partial charge < -0.3 is 9.80 Å². The van der Waals surface area contributed by atoms with Gasteiger partial charge in [0.1, 0.15) is 6.17 Å². The van der Waals surface area contributed by atoms with Crippen molar-refractivity contribution in [3.8, 4) is 0 Å². The van der Waals surface area contributed by atoms with Gasteiger partial charge in [-0.3, -0.25) is 0 Å². The lowest BCUT2D eigenvalue weighted by Crippen LogP contribution is -2.40. The zero-order valence-corrected chi connectivity index (χ0v) is 24.1. The first-order chi connectivity index (χ1) is 15.3. The minimum absolute atomic E-state index is 0.0530. The molecule has 0 unspecified atom stereocenters. The van der Waals surface area contributed by atoms with Crippen LogP contribution in [0.2, 0.25) is 0 Å². The van der Waals surface area contributed by atoms with Crippen LogP contribution in [0.1, 0.15) is 112 Å². The molecule has 1 heterocycles. The van der Waals surface area contributed by atoms with E-state index in [1.54, 1.807) is 0 Å². The van der Waals surface area contributed by atoms with Crippen molar-refractivity contribution < 1.29 is 0 Å². The van der Waals surface area contributed by atoms with Crippen molar-refractivity contribution in [2.24, 2.45) is 0 Å². The molecule has 3 rings (SSSR count). The maximum absolute atomic E-state index is 2.51. The molecule has 2 heteroatoms. The fourth-order valence-corrected chi connectivity index (χ4v) is 5.11. The summed E-state index contributed by atoms with van der Waals surface area (Å²) in [5.74, 6) is 0. The molecule has 0 bridgehead atoms. The average molecular weight is 461 g/mol. The average Bonchev–Trinajstić information content (AvgIpc) is 3.05. The maximum atomic E-state index is 2.51. The molecule has 0 N–H and O–H groups in total. The molecule has 0 fully saturated rings. The van der Waals surface area contributed by atoms with Crippen molar-refractivity contribution in [1.29, 1.82) is 0 Å². The van der Waals surface area contributed by atoms with Crippen LogP contribution in [0.4, 0.5) is 11.4 Å². The maximum Gasteiger partial charge on any atom is 0.107 e. The highest BCUT2D eigenvalue weighted by molar-refractivity contribution is 5.73. The van der Waals surface area contributed by atoms with Crippen molar-refractivity contribution in [2.45, 2.75) is 118 Å². The summed E-state index contributed by atoms with van der Waals surface area (Å²) in [5, 5.41) is 0. The van der Waals surface area contributed by atoms with E-state index >= 15 is 0 Å². The van der Waals surface area contributed by atoms with Crippen LogP contribution >= 0.6 is 0 Å². The first-order valence-electron chi connectivity index (χ1n) is 12.9. The molecule has 0 atom stereocenters. The third kappa shape index (κ3) is 4.92. The van der Waals surface area contributed by atoms with E-state index in [-0.39, 0.29) is 27.8 Å². The fourth-order valence-electron chi connectivity index (χ4n) is 5.11. The number of benzene rings is 2. The Morgan fingerprint density at radius 3 is 0.912 bits per heavy atom. The molecule has 1 aliphatic rings. The molecule has 0 amide bonds. The molecule has 2 nitrogen and oxygen atoms in total. The van der Waals surface area contributed by atoms with Crippen molar-refractivity contribution in [3.05, 3.63) is 71.1 Å². The van der Waals surface area contributed by atoms with Gasteiger partial charge in [0.2, 0.25) is 0 Å². The van der Waals surface area contributed by atoms with Crippen LogP contribution in [0.25, 0.3) is 0 Å². The van der Waals surface area contributed by atoms with Gasteiger partial charge >= 0.3 is 0 Å². The van der Waals surface area contributed by atoms with Gasteiger partial charge in [-0.15, -0.1) is 0 Å². The summed E-state index contributed by atoms with van der Waals surface area (Å²) in [6.45, 7) is 30.3. The van der Waals surface area contributed by atoms with Crippen molar-refractivity contribution >= 4 is 11.4 Å². The highest BCUT2D eigenvalue weighted by Gasteiger charge is 2.36. The zero-order chi connectivity index (χ0) is 25.9. The van der Waals surface area contributed by atoms with Crippen molar-refractivity contribution in [2.75, 3.05) is 9.80 Å². The standard InChI is InChI=1S/C32H48N2/c1-22-33(27-23(29(2,3)4)16-14-17-24(27)30(5,6)7)20-21-34(22)28-25(31(8,9)10)18-15-19-26(28)32(11,12)13/h14-22H,1-13H3. The zero-order valence-electron chi connectivity index (χ0n) is 24.1. The minimum Gasteiger partial charge on any atom is -0.325 e. The molecule has 0 spiro atoms. The summed E-state index contributed by atoms with van der Waals surface area (Å²) in [4.78, 5) is 5.01. The van der Waals surface area contributed by atoms with E-state index in [0.717, 1.165) is 0 Å². The summed E-state index contributed by atoms with van der Waals surface area (Å²) >= 11 is 0. The molecule has 186 valence electrons. The van der Waals surface area contributed by atoms with E-state index < -0.39 is 0 Å². The van der Waals surface area contributed by atoms with Gasteiger partial charge in [0.05, 0.1) is 0 Å². The van der Waals surface area contributed by atoms with Crippen LogP contribution in [0, 0.1) is 0 Å². The number of hydrogen-bond acceptors (Lipinski definition) is 2. The number of anilines is 2. The van der Waals surface area contributed by atoms with Crippen LogP contribution < -0.4 is 9.80 Å². The highest BCUT2D eigenvalue weighted by Crippen LogP contribution is 2.46. The van der Waals surface area contributed by atoms with E-state index in [9.17, 15) is 0 Å². The normalized spacial score (nSPS) is 16.0. The third-order valence-corrected chi connectivity index (χ3v) is 7.01. The van der Waals surface area contributed by atoms with Crippen LogP contribution in [0.3, 0.4) is 0 Å². The minimum atomic E-state index is 0.0530. The predicted molar refractivity (Wildman–Crippen MR) is 151 cm³/mol. The van der Waals surface area contributed by atoms with Gasteiger partial charge in [-0.1, -0.05) is 119 Å². The van der Waals surface area contributed by atoms with Gasteiger partial charge in [0, 0.05) is 23.8 Å². The molecule has 0 radical (unpaired) electrons. The smallest absolute Gasteiger partial charge is 0.107 e. The lowest BCUT2D eigenvalue weighted by molar-refractivity contribution is 0.557. The Morgan fingerprint density at radius 1 is 0.471 bits per heavy atom. The quantitative estimate of drug-likeness (QED) is 0.441. The van der Waals surface area contributed by atoms with E-state index in [0.29, 0.717) is 0 Å². The Hall–Kier alpha value is -2.22. The van der Waals surface area contributed by atoms with Crippen LogP contribution in [-0.4, -0.2) is 6.17 Å². The molecule has 0 saturated heterocycles. The second kappa shape index (κ2) is 8.47. The second-order valence-corrected chi connectivity index (χ2v) is 14.1. The molecular formula is C32H48N2. The summed E-state index contributed by atoms with van der Waals surface area (Å²) in [6.07, 6.45) is 4.78. The molecule has 0 aliphatic carbocycles. The summed E-state index contributed by atoms with van der Waals surface area (Å²) in [5.41, 5.74) is 8.54. The second-order valence-electron chi connectivity index (χ2n) is 14.1. The van der Waals surface area contributed by atoms with Crippen LogP contribution in [0.5, 0.6) is 0 Å². The number of hydrogen-bond donors (Lipinski definition) is 0. The predicted octanol–water partition coefficient (Wildman–Crippen LogP) is 9.02. The lowest BCUT2D eigenvalue weighted by Gasteiger charge is -2.40. The largest absolute Gasteiger partial charge is 0.325 e. The molecule has 2 aromatic carbocycles. The van der Waals surface area contributed by atoms with E-state index in [2.05, 4.69) is 149 Å². The SMILES string of the molecule is CC1N(c2c(C(C)(C)C)cccc2C(C)(C)C)C=CN1c1c(C(C)(C)C)cccc1C(C)(C)C. The molecule has 1 aliphatic heterocycles.